The molecule has 134 valence electrons. The van der Waals surface area contributed by atoms with Gasteiger partial charge in [0.2, 0.25) is 0 Å². The number of hydrogen-bond acceptors (Lipinski definition) is 4. The van der Waals surface area contributed by atoms with Gasteiger partial charge in [0.1, 0.15) is 6.10 Å². The van der Waals surface area contributed by atoms with E-state index in [9.17, 15) is 14.9 Å². The predicted octanol–water partition coefficient (Wildman–Crippen LogP) is 3.81. The van der Waals surface area contributed by atoms with Crippen molar-refractivity contribution in [2.24, 2.45) is 35.0 Å². The number of nitriles is 1. The molecule has 3 saturated carbocycles. The van der Waals surface area contributed by atoms with Gasteiger partial charge >= 0.3 is 5.97 Å². The minimum absolute atomic E-state index is 0.000153. The largest absolute Gasteiger partial charge is 0.462 e. The first-order valence-corrected chi connectivity index (χ1v) is 9.74. The van der Waals surface area contributed by atoms with Crippen LogP contribution in [0.5, 0.6) is 0 Å². The Balaban J connectivity index is 1.66. The van der Waals surface area contributed by atoms with Crippen molar-refractivity contribution in [1.29, 1.82) is 5.26 Å². The number of esters is 1. The third kappa shape index (κ3) is 2.55. The van der Waals surface area contributed by atoms with Gasteiger partial charge < -0.3 is 4.74 Å². The maximum Gasteiger partial charge on any atom is 0.302 e. The van der Waals surface area contributed by atoms with Gasteiger partial charge in [0.25, 0.3) is 0 Å². The quantitative estimate of drug-likeness (QED) is 0.680. The summed E-state index contributed by atoms with van der Waals surface area (Å²) >= 11 is 0. The molecule has 0 saturated heterocycles. The first kappa shape index (κ1) is 16.8. The Hall–Kier alpha value is -1.63. The van der Waals surface area contributed by atoms with Crippen LogP contribution < -0.4 is 0 Å². The molecular formula is C21H27NO3. The highest BCUT2D eigenvalue weighted by atomic mass is 16.5. The smallest absolute Gasteiger partial charge is 0.302 e. The number of rotatable bonds is 1. The van der Waals surface area contributed by atoms with Gasteiger partial charge in [-0.15, -0.1) is 0 Å². The van der Waals surface area contributed by atoms with E-state index in [0.29, 0.717) is 30.1 Å². The lowest BCUT2D eigenvalue weighted by Gasteiger charge is -2.55. The van der Waals surface area contributed by atoms with E-state index in [1.54, 1.807) is 0 Å². The van der Waals surface area contributed by atoms with Crippen molar-refractivity contribution in [2.75, 3.05) is 0 Å². The summed E-state index contributed by atoms with van der Waals surface area (Å²) in [6, 6.07) is 2.58. The Bertz CT molecular complexity index is 675. The molecule has 0 spiro atoms. The van der Waals surface area contributed by atoms with Crippen LogP contribution in [0.2, 0.25) is 0 Å². The van der Waals surface area contributed by atoms with Gasteiger partial charge in [0.05, 0.1) is 12.0 Å². The number of fused-ring (bicyclic) bond motifs is 5. The van der Waals surface area contributed by atoms with Crippen LogP contribution in [0.3, 0.4) is 0 Å². The molecule has 4 nitrogen and oxygen atoms in total. The van der Waals surface area contributed by atoms with Gasteiger partial charge in [-0.2, -0.15) is 5.26 Å². The van der Waals surface area contributed by atoms with Gasteiger partial charge in [0, 0.05) is 18.8 Å². The van der Waals surface area contributed by atoms with Crippen LogP contribution >= 0.6 is 0 Å². The summed E-state index contributed by atoms with van der Waals surface area (Å²) in [6.07, 6.45) is 8.36. The van der Waals surface area contributed by atoms with Gasteiger partial charge in [-0.3, -0.25) is 9.59 Å². The van der Waals surface area contributed by atoms with E-state index in [0.717, 1.165) is 38.5 Å². The topological polar surface area (TPSA) is 67.2 Å². The third-order valence-electron chi connectivity index (χ3n) is 7.73. The van der Waals surface area contributed by atoms with Crippen molar-refractivity contribution < 1.29 is 14.3 Å². The Kier molecular flexibility index (Phi) is 4.02. The number of ketones is 1. The SMILES string of the molecule is CC(=O)O[C@H]1CC[C@H]2[C@H]3[C@H](CC[C@]12C)[C@H]1CCC(=O)C=C1C[C@H]3C#N. The van der Waals surface area contributed by atoms with Crippen molar-refractivity contribution in [1.82, 2.24) is 0 Å². The molecule has 0 amide bonds. The first-order valence-electron chi connectivity index (χ1n) is 9.74. The highest BCUT2D eigenvalue weighted by molar-refractivity contribution is 5.91. The zero-order valence-electron chi connectivity index (χ0n) is 15.2. The zero-order valence-corrected chi connectivity index (χ0v) is 15.2. The second kappa shape index (κ2) is 5.97. The van der Waals surface area contributed by atoms with Gasteiger partial charge in [-0.25, -0.2) is 0 Å². The summed E-state index contributed by atoms with van der Waals surface area (Å²) in [5.41, 5.74) is 1.25. The average Bonchev–Trinajstić information content (AvgIpc) is 2.89. The van der Waals surface area contributed by atoms with Crippen molar-refractivity contribution in [3.63, 3.8) is 0 Å². The number of nitrogens with zero attached hydrogens (tertiary/aromatic N) is 1. The summed E-state index contributed by atoms with van der Waals surface area (Å²) in [7, 11) is 0. The van der Waals surface area contributed by atoms with Crippen molar-refractivity contribution in [3.8, 4) is 6.07 Å². The molecular weight excluding hydrogens is 314 g/mol. The van der Waals surface area contributed by atoms with Crippen molar-refractivity contribution in [3.05, 3.63) is 11.6 Å². The molecule has 0 aromatic carbocycles. The van der Waals surface area contributed by atoms with Crippen LogP contribution in [-0.2, 0) is 14.3 Å². The van der Waals surface area contributed by atoms with Crippen LogP contribution in [0.1, 0.15) is 58.8 Å². The maximum atomic E-state index is 11.8. The summed E-state index contributed by atoms with van der Waals surface area (Å²) in [5.74, 6) is 1.90. The molecule has 4 heteroatoms. The van der Waals surface area contributed by atoms with Gasteiger partial charge in [-0.05, 0) is 68.3 Å². The molecule has 0 aromatic rings. The van der Waals surface area contributed by atoms with E-state index in [2.05, 4.69) is 13.0 Å². The Morgan fingerprint density at radius 1 is 1.32 bits per heavy atom. The van der Waals surface area contributed by atoms with Gasteiger partial charge in [-0.1, -0.05) is 12.5 Å². The van der Waals surface area contributed by atoms with Crippen LogP contribution in [0.15, 0.2) is 11.6 Å². The van der Waals surface area contributed by atoms with Crippen LogP contribution in [-0.4, -0.2) is 17.9 Å². The summed E-state index contributed by atoms with van der Waals surface area (Å²) in [6.45, 7) is 3.77. The number of ether oxygens (including phenoxy) is 1. The second-order valence-corrected chi connectivity index (χ2v) is 8.84. The fraction of sp³-hybridized carbons (Fsp3) is 0.762. The lowest BCUT2D eigenvalue weighted by molar-refractivity contribution is -0.156. The van der Waals surface area contributed by atoms with Crippen molar-refractivity contribution in [2.45, 2.75) is 64.9 Å². The summed E-state index contributed by atoms with van der Waals surface area (Å²) < 4.78 is 5.68. The molecule has 0 unspecified atom stereocenters. The first-order chi connectivity index (χ1) is 11.9. The zero-order chi connectivity index (χ0) is 17.8. The molecule has 25 heavy (non-hydrogen) atoms. The number of carbonyl (C=O) groups is 2. The van der Waals surface area contributed by atoms with Crippen LogP contribution in [0.25, 0.3) is 0 Å². The average molecular weight is 341 g/mol. The number of allylic oxidation sites excluding steroid dienone is 1. The normalized spacial score (nSPS) is 45.5. The molecule has 7 atom stereocenters. The van der Waals surface area contributed by atoms with E-state index in [4.69, 9.17) is 4.74 Å². The van der Waals surface area contributed by atoms with Crippen LogP contribution in [0, 0.1) is 46.3 Å². The monoisotopic (exact) mass is 341 g/mol. The molecule has 4 aliphatic rings. The predicted molar refractivity (Wildman–Crippen MR) is 92.1 cm³/mol. The fourth-order valence-corrected chi connectivity index (χ4v) is 6.71. The molecule has 0 aromatic heterocycles. The molecule has 0 heterocycles. The summed E-state index contributed by atoms with van der Waals surface area (Å²) in [5, 5.41) is 9.85. The summed E-state index contributed by atoms with van der Waals surface area (Å²) in [4.78, 5) is 23.4. The standard InChI is InChI=1S/C21H27NO3/c1-12(23)25-19-6-5-18-20-14(11-22)9-13-10-15(24)3-4-16(13)17(20)7-8-21(18,19)2/h10,14,16-20H,3-9H2,1-2H3/t14-,16-,17+,18-,19-,20+,21-/m0/s1. The van der Waals surface area contributed by atoms with E-state index in [1.165, 1.54) is 12.5 Å². The van der Waals surface area contributed by atoms with Gasteiger partial charge in [0.15, 0.2) is 5.78 Å². The minimum Gasteiger partial charge on any atom is -0.462 e. The molecule has 3 fully saturated rings. The Labute approximate surface area is 149 Å². The molecule has 0 bridgehead atoms. The Morgan fingerprint density at radius 2 is 2.12 bits per heavy atom. The van der Waals surface area contributed by atoms with Crippen molar-refractivity contribution >= 4 is 11.8 Å². The minimum atomic E-state index is -0.189. The van der Waals surface area contributed by atoms with E-state index in [1.807, 2.05) is 6.08 Å². The highest BCUT2D eigenvalue weighted by Crippen LogP contribution is 2.63. The lowest BCUT2D eigenvalue weighted by atomic mass is 9.49. The number of hydrogen-bond donors (Lipinski definition) is 0. The fourth-order valence-electron chi connectivity index (χ4n) is 6.71. The molecule has 0 radical (unpaired) electrons. The molecule has 0 N–H and O–H groups in total. The molecule has 4 aliphatic carbocycles. The Morgan fingerprint density at radius 3 is 2.84 bits per heavy atom. The second-order valence-electron chi connectivity index (χ2n) is 8.84. The van der Waals surface area contributed by atoms with E-state index < -0.39 is 0 Å². The number of carbonyl (C=O) groups excluding carboxylic acids is 2. The third-order valence-corrected chi connectivity index (χ3v) is 7.73. The molecule has 4 rings (SSSR count). The van der Waals surface area contributed by atoms with E-state index >= 15 is 0 Å². The lowest BCUT2D eigenvalue weighted by Crippen LogP contribution is -2.51. The molecule has 0 aliphatic heterocycles. The maximum absolute atomic E-state index is 11.8. The highest BCUT2D eigenvalue weighted by Gasteiger charge is 2.59. The van der Waals surface area contributed by atoms with Crippen LogP contribution in [0.4, 0.5) is 0 Å². The van der Waals surface area contributed by atoms with E-state index in [-0.39, 0.29) is 29.2 Å².